The summed E-state index contributed by atoms with van der Waals surface area (Å²) < 4.78 is 0.109. The van der Waals surface area contributed by atoms with E-state index >= 15 is 0 Å². The van der Waals surface area contributed by atoms with Crippen molar-refractivity contribution in [1.29, 1.82) is 0 Å². The molecule has 0 saturated carbocycles. The van der Waals surface area contributed by atoms with E-state index in [1.165, 1.54) is 11.3 Å². The number of thioether (sulfide) groups is 1. The van der Waals surface area contributed by atoms with Crippen LogP contribution in [0, 0.1) is 0 Å². The van der Waals surface area contributed by atoms with Gasteiger partial charge in [-0.1, -0.05) is 11.3 Å². The van der Waals surface area contributed by atoms with Crippen LogP contribution in [0.15, 0.2) is 0 Å². The maximum Gasteiger partial charge on any atom is 0.267 e. The monoisotopic (exact) mass is 300 g/mol. The summed E-state index contributed by atoms with van der Waals surface area (Å²) in [5.74, 6) is 1.31. The number of nitrogens with one attached hydrogen (secondary N) is 1. The highest BCUT2D eigenvalue weighted by atomic mass is 32.2. The maximum absolute atomic E-state index is 12.5. The van der Waals surface area contributed by atoms with E-state index in [2.05, 4.69) is 24.1 Å². The summed E-state index contributed by atoms with van der Waals surface area (Å²) in [7, 11) is 0. The Morgan fingerprint density at radius 1 is 1.58 bits per heavy atom. The third-order valence-electron chi connectivity index (χ3n) is 2.89. The lowest BCUT2D eigenvalue weighted by atomic mass is 10.2. The number of aromatic nitrogens is 1. The van der Waals surface area contributed by atoms with Crippen molar-refractivity contribution < 1.29 is 4.79 Å². The summed E-state index contributed by atoms with van der Waals surface area (Å²) in [6.45, 7) is 8.62. The Kier molecular flexibility index (Phi) is 4.25. The van der Waals surface area contributed by atoms with E-state index in [0.29, 0.717) is 15.8 Å². The molecular weight excluding hydrogens is 280 g/mol. The molecule has 1 aliphatic heterocycles. The number of carbonyl (C=O) groups is 1. The third-order valence-corrected chi connectivity index (χ3v) is 5.20. The Balaban J connectivity index is 2.15. The molecule has 3 N–H and O–H groups in total. The maximum atomic E-state index is 12.5. The molecule has 7 heteroatoms. The molecule has 0 spiro atoms. The molecule has 0 atom stereocenters. The van der Waals surface area contributed by atoms with Crippen molar-refractivity contribution in [2.24, 2.45) is 0 Å². The highest BCUT2D eigenvalue weighted by Gasteiger charge is 2.31. The Morgan fingerprint density at radius 2 is 2.32 bits per heavy atom. The van der Waals surface area contributed by atoms with E-state index in [4.69, 9.17) is 5.73 Å². The van der Waals surface area contributed by atoms with Gasteiger partial charge in [0.25, 0.3) is 5.91 Å². The SMILES string of the molecule is CCNc1nc(N)c(C(=O)N2CCSC(C)(C)C2)s1. The Bertz CT molecular complexity index is 472. The number of rotatable bonds is 3. The van der Waals surface area contributed by atoms with Gasteiger partial charge in [0, 0.05) is 30.1 Å². The van der Waals surface area contributed by atoms with Crippen LogP contribution < -0.4 is 11.1 Å². The van der Waals surface area contributed by atoms with Crippen LogP contribution >= 0.6 is 23.1 Å². The molecule has 5 nitrogen and oxygen atoms in total. The number of nitrogen functional groups attached to an aromatic ring is 1. The number of thiazole rings is 1. The number of amides is 1. The van der Waals surface area contributed by atoms with Gasteiger partial charge in [-0.2, -0.15) is 11.8 Å². The first-order valence-electron chi connectivity index (χ1n) is 6.36. The summed E-state index contributed by atoms with van der Waals surface area (Å²) in [6, 6.07) is 0. The molecule has 2 rings (SSSR count). The summed E-state index contributed by atoms with van der Waals surface area (Å²) in [5.41, 5.74) is 5.85. The molecule has 1 aromatic rings. The molecule has 0 bridgehead atoms. The van der Waals surface area contributed by atoms with Crippen LogP contribution in [0.1, 0.15) is 30.4 Å². The second-order valence-electron chi connectivity index (χ2n) is 5.10. The second kappa shape index (κ2) is 5.58. The van der Waals surface area contributed by atoms with E-state index in [0.717, 1.165) is 25.4 Å². The van der Waals surface area contributed by atoms with Crippen molar-refractivity contribution in [2.45, 2.75) is 25.5 Å². The van der Waals surface area contributed by atoms with E-state index in [9.17, 15) is 4.79 Å². The van der Waals surface area contributed by atoms with Gasteiger partial charge in [0.15, 0.2) is 5.13 Å². The first kappa shape index (κ1) is 14.5. The van der Waals surface area contributed by atoms with Crippen LogP contribution in [-0.4, -0.2) is 45.9 Å². The van der Waals surface area contributed by atoms with Crippen molar-refractivity contribution in [3.63, 3.8) is 0 Å². The first-order valence-corrected chi connectivity index (χ1v) is 8.16. The second-order valence-corrected chi connectivity index (χ2v) is 7.90. The van der Waals surface area contributed by atoms with Crippen molar-refractivity contribution >= 4 is 40.0 Å². The van der Waals surface area contributed by atoms with E-state index in [1.54, 1.807) is 0 Å². The van der Waals surface area contributed by atoms with E-state index in [-0.39, 0.29) is 10.7 Å². The lowest BCUT2D eigenvalue weighted by Gasteiger charge is -2.37. The first-order chi connectivity index (χ1) is 8.93. The zero-order chi connectivity index (χ0) is 14.0. The largest absolute Gasteiger partial charge is 0.382 e. The predicted molar refractivity (Wildman–Crippen MR) is 83.1 cm³/mol. The smallest absolute Gasteiger partial charge is 0.267 e. The quantitative estimate of drug-likeness (QED) is 0.895. The molecule has 1 saturated heterocycles. The van der Waals surface area contributed by atoms with Gasteiger partial charge >= 0.3 is 0 Å². The number of nitrogens with zero attached hydrogens (tertiary/aromatic N) is 2. The number of hydrogen-bond donors (Lipinski definition) is 2. The molecule has 1 amide bonds. The van der Waals surface area contributed by atoms with Gasteiger partial charge in [0.05, 0.1) is 0 Å². The lowest BCUT2D eigenvalue weighted by Crippen LogP contribution is -2.46. The third kappa shape index (κ3) is 3.33. The van der Waals surface area contributed by atoms with Gasteiger partial charge in [-0.3, -0.25) is 4.79 Å². The van der Waals surface area contributed by atoms with Gasteiger partial charge in [0.2, 0.25) is 0 Å². The topological polar surface area (TPSA) is 71.2 Å². The highest BCUT2D eigenvalue weighted by Crippen LogP contribution is 2.32. The van der Waals surface area contributed by atoms with Crippen LogP contribution in [0.2, 0.25) is 0 Å². The van der Waals surface area contributed by atoms with Crippen LogP contribution in [-0.2, 0) is 0 Å². The lowest BCUT2D eigenvalue weighted by molar-refractivity contribution is 0.0753. The molecule has 1 fully saturated rings. The van der Waals surface area contributed by atoms with E-state index in [1.807, 2.05) is 23.6 Å². The zero-order valence-corrected chi connectivity index (χ0v) is 13.2. The van der Waals surface area contributed by atoms with Gasteiger partial charge in [-0.15, -0.1) is 0 Å². The van der Waals surface area contributed by atoms with Crippen LogP contribution in [0.5, 0.6) is 0 Å². The van der Waals surface area contributed by atoms with Crippen molar-refractivity contribution in [3.05, 3.63) is 4.88 Å². The molecule has 1 aliphatic rings. The minimum atomic E-state index is 0.00697. The van der Waals surface area contributed by atoms with E-state index < -0.39 is 0 Å². The summed E-state index contributed by atoms with van der Waals surface area (Å²) in [5, 5.41) is 3.81. The molecular formula is C12H20N4OS2. The van der Waals surface area contributed by atoms with Gasteiger partial charge < -0.3 is 16.0 Å². The summed E-state index contributed by atoms with van der Waals surface area (Å²) in [4.78, 5) is 19.1. The minimum absolute atomic E-state index is 0.00697. The average Bonchev–Trinajstić information content (AvgIpc) is 2.68. The van der Waals surface area contributed by atoms with Gasteiger partial charge in [-0.25, -0.2) is 4.98 Å². The van der Waals surface area contributed by atoms with Crippen LogP contribution in [0.25, 0.3) is 0 Å². The Morgan fingerprint density at radius 3 is 2.95 bits per heavy atom. The van der Waals surface area contributed by atoms with Crippen LogP contribution in [0.3, 0.4) is 0 Å². The molecule has 19 heavy (non-hydrogen) atoms. The summed E-state index contributed by atoms with van der Waals surface area (Å²) >= 11 is 3.25. The fourth-order valence-electron chi connectivity index (χ4n) is 2.05. The fraction of sp³-hybridized carbons (Fsp3) is 0.667. The number of hydrogen-bond acceptors (Lipinski definition) is 6. The van der Waals surface area contributed by atoms with Gasteiger partial charge in [0.1, 0.15) is 10.7 Å². The number of carbonyl (C=O) groups excluding carboxylic acids is 1. The minimum Gasteiger partial charge on any atom is -0.382 e. The molecule has 106 valence electrons. The molecule has 0 unspecified atom stereocenters. The zero-order valence-electron chi connectivity index (χ0n) is 11.5. The number of nitrogens with two attached hydrogens (primary N) is 1. The van der Waals surface area contributed by atoms with Crippen molar-refractivity contribution in [3.8, 4) is 0 Å². The molecule has 2 heterocycles. The van der Waals surface area contributed by atoms with Crippen molar-refractivity contribution in [1.82, 2.24) is 9.88 Å². The van der Waals surface area contributed by atoms with Crippen molar-refractivity contribution in [2.75, 3.05) is 36.4 Å². The van der Waals surface area contributed by atoms with Gasteiger partial charge in [-0.05, 0) is 20.8 Å². The predicted octanol–water partition coefficient (Wildman–Crippen LogP) is 2.12. The molecule has 0 aromatic carbocycles. The molecule has 0 aliphatic carbocycles. The Labute approximate surface area is 122 Å². The average molecular weight is 300 g/mol. The van der Waals surface area contributed by atoms with Crippen LogP contribution in [0.4, 0.5) is 10.9 Å². The normalized spacial score (nSPS) is 18.4. The molecule has 0 radical (unpaired) electrons. The molecule has 1 aromatic heterocycles. The number of anilines is 2. The standard InChI is InChI=1S/C12H20N4OS2/c1-4-14-11-15-9(13)8(19-11)10(17)16-5-6-18-12(2,3)7-16/h4-7,13H2,1-3H3,(H,14,15). The Hall–Kier alpha value is -0.950. The highest BCUT2D eigenvalue weighted by molar-refractivity contribution is 8.00. The fourth-order valence-corrected chi connectivity index (χ4v) is 4.08. The summed E-state index contributed by atoms with van der Waals surface area (Å²) in [6.07, 6.45) is 0.